The maximum atomic E-state index is 3.95. The van der Waals surface area contributed by atoms with E-state index in [-0.39, 0.29) is 0 Å². The summed E-state index contributed by atoms with van der Waals surface area (Å²) in [7, 11) is 0. The molecule has 1 aromatic rings. The molecule has 0 bridgehead atoms. The number of hydrogen-bond acceptors (Lipinski definition) is 2. The molecule has 0 spiro atoms. The van der Waals surface area contributed by atoms with Crippen molar-refractivity contribution >= 4 is 0 Å². The normalized spacial score (nSPS) is 28.6. The lowest BCUT2D eigenvalue weighted by atomic mass is 9.86. The second kappa shape index (κ2) is 7.42. The van der Waals surface area contributed by atoms with Gasteiger partial charge in [-0.1, -0.05) is 50.1 Å². The lowest BCUT2D eigenvalue weighted by Gasteiger charge is -2.36. The highest BCUT2D eigenvalue weighted by molar-refractivity contribution is 5.14. The van der Waals surface area contributed by atoms with E-state index in [0.29, 0.717) is 0 Å². The predicted molar refractivity (Wildman–Crippen MR) is 89.3 cm³/mol. The summed E-state index contributed by atoms with van der Waals surface area (Å²) in [4.78, 5) is 2.61. The van der Waals surface area contributed by atoms with Crippen LogP contribution in [0.15, 0.2) is 30.3 Å². The zero-order chi connectivity index (χ0) is 14.5. The number of nitrogens with zero attached hydrogens (tertiary/aromatic N) is 1. The quantitative estimate of drug-likeness (QED) is 0.905. The van der Waals surface area contributed by atoms with Crippen molar-refractivity contribution in [2.45, 2.75) is 64.1 Å². The van der Waals surface area contributed by atoms with Gasteiger partial charge in [0, 0.05) is 18.6 Å². The van der Waals surface area contributed by atoms with E-state index in [1.165, 1.54) is 57.2 Å². The third-order valence-electron chi connectivity index (χ3n) is 5.24. The summed E-state index contributed by atoms with van der Waals surface area (Å²) in [6, 6.07) is 12.4. The van der Waals surface area contributed by atoms with Gasteiger partial charge < -0.3 is 5.32 Å². The minimum absolute atomic E-state index is 0.757. The Morgan fingerprint density at radius 2 is 1.76 bits per heavy atom. The molecule has 1 saturated carbocycles. The van der Waals surface area contributed by atoms with Crippen LogP contribution in [0, 0.1) is 5.92 Å². The molecular weight excluding hydrogens is 256 g/mol. The zero-order valence-electron chi connectivity index (χ0n) is 13.4. The van der Waals surface area contributed by atoms with E-state index in [9.17, 15) is 0 Å². The Hall–Kier alpha value is -0.860. The van der Waals surface area contributed by atoms with Crippen molar-refractivity contribution in [2.75, 3.05) is 13.1 Å². The summed E-state index contributed by atoms with van der Waals surface area (Å²) in [5, 5.41) is 3.95. The summed E-state index contributed by atoms with van der Waals surface area (Å²) in [5.74, 6) is 0.925. The maximum absolute atomic E-state index is 3.95. The van der Waals surface area contributed by atoms with Crippen LogP contribution in [0.25, 0.3) is 0 Å². The third kappa shape index (κ3) is 4.55. The van der Waals surface area contributed by atoms with E-state index < -0.39 is 0 Å². The monoisotopic (exact) mass is 286 g/mol. The minimum atomic E-state index is 0.757. The number of piperidine rings is 1. The van der Waals surface area contributed by atoms with Crippen molar-refractivity contribution in [3.63, 3.8) is 0 Å². The van der Waals surface area contributed by atoms with E-state index in [1.54, 1.807) is 0 Å². The van der Waals surface area contributed by atoms with E-state index in [0.717, 1.165) is 24.5 Å². The van der Waals surface area contributed by atoms with Crippen LogP contribution in [0.2, 0.25) is 0 Å². The van der Waals surface area contributed by atoms with Crippen LogP contribution in [-0.4, -0.2) is 30.1 Å². The highest BCUT2D eigenvalue weighted by Crippen LogP contribution is 2.25. The fourth-order valence-corrected chi connectivity index (χ4v) is 4.02. The van der Waals surface area contributed by atoms with E-state index >= 15 is 0 Å². The average molecular weight is 286 g/mol. The van der Waals surface area contributed by atoms with Crippen LogP contribution in [0.1, 0.15) is 51.0 Å². The Morgan fingerprint density at radius 1 is 1.00 bits per heavy atom. The van der Waals surface area contributed by atoms with Crippen molar-refractivity contribution in [3.05, 3.63) is 35.9 Å². The van der Waals surface area contributed by atoms with Gasteiger partial charge in [0.25, 0.3) is 0 Å². The fraction of sp³-hybridized carbons (Fsp3) is 0.684. The molecule has 2 heteroatoms. The Morgan fingerprint density at radius 3 is 2.48 bits per heavy atom. The Kier molecular flexibility index (Phi) is 5.32. The van der Waals surface area contributed by atoms with E-state index in [1.807, 2.05) is 0 Å². The summed E-state index contributed by atoms with van der Waals surface area (Å²) in [6.45, 7) is 6.02. The number of benzene rings is 1. The maximum Gasteiger partial charge on any atom is 0.0233 e. The van der Waals surface area contributed by atoms with Crippen molar-refractivity contribution < 1.29 is 0 Å². The van der Waals surface area contributed by atoms with Gasteiger partial charge in [0.1, 0.15) is 0 Å². The standard InChI is InChI=1S/C19H30N2/c1-16-6-5-9-19(14-16)20-18-10-12-21(13-11-18)15-17-7-3-2-4-8-17/h2-4,7-8,16,18-20H,5-6,9-15H2,1H3/t16-,19+/m1/s1. The zero-order valence-corrected chi connectivity index (χ0v) is 13.4. The summed E-state index contributed by atoms with van der Waals surface area (Å²) in [5.41, 5.74) is 1.45. The van der Waals surface area contributed by atoms with Crippen molar-refractivity contribution in [2.24, 2.45) is 5.92 Å². The molecule has 2 nitrogen and oxygen atoms in total. The van der Waals surface area contributed by atoms with Gasteiger partial charge in [0.2, 0.25) is 0 Å². The molecule has 116 valence electrons. The van der Waals surface area contributed by atoms with E-state index in [2.05, 4.69) is 47.5 Å². The smallest absolute Gasteiger partial charge is 0.0233 e. The molecule has 2 fully saturated rings. The number of likely N-dealkylation sites (tertiary alicyclic amines) is 1. The molecule has 0 radical (unpaired) electrons. The molecule has 0 unspecified atom stereocenters. The van der Waals surface area contributed by atoms with Gasteiger partial charge in [-0.3, -0.25) is 4.90 Å². The highest BCUT2D eigenvalue weighted by Gasteiger charge is 2.24. The van der Waals surface area contributed by atoms with Crippen molar-refractivity contribution in [1.29, 1.82) is 0 Å². The lowest BCUT2D eigenvalue weighted by molar-refractivity contribution is 0.172. The van der Waals surface area contributed by atoms with Gasteiger partial charge in [-0.2, -0.15) is 0 Å². The molecule has 1 aromatic carbocycles. The molecule has 21 heavy (non-hydrogen) atoms. The average Bonchev–Trinajstić information content (AvgIpc) is 2.50. The van der Waals surface area contributed by atoms with Crippen LogP contribution >= 0.6 is 0 Å². The molecule has 3 rings (SSSR count). The van der Waals surface area contributed by atoms with Gasteiger partial charge in [-0.05, 0) is 50.3 Å². The molecule has 0 amide bonds. The molecule has 2 atom stereocenters. The Bertz CT molecular complexity index is 409. The molecule has 1 aliphatic carbocycles. The summed E-state index contributed by atoms with van der Waals surface area (Å²) >= 11 is 0. The number of nitrogens with one attached hydrogen (secondary N) is 1. The molecule has 0 aromatic heterocycles. The van der Waals surface area contributed by atoms with Crippen molar-refractivity contribution in [1.82, 2.24) is 10.2 Å². The largest absolute Gasteiger partial charge is 0.311 e. The first-order chi connectivity index (χ1) is 10.3. The molecular formula is C19H30N2. The van der Waals surface area contributed by atoms with Crippen LogP contribution < -0.4 is 5.32 Å². The van der Waals surface area contributed by atoms with Gasteiger partial charge in [-0.15, -0.1) is 0 Å². The first-order valence-corrected chi connectivity index (χ1v) is 8.82. The fourth-order valence-electron chi connectivity index (χ4n) is 4.02. The first kappa shape index (κ1) is 15.1. The molecule has 1 saturated heterocycles. The summed E-state index contributed by atoms with van der Waals surface area (Å²) in [6.07, 6.45) is 8.29. The van der Waals surface area contributed by atoms with Crippen LogP contribution in [0.5, 0.6) is 0 Å². The van der Waals surface area contributed by atoms with Crippen LogP contribution in [0.4, 0.5) is 0 Å². The second-order valence-corrected chi connectivity index (χ2v) is 7.17. The van der Waals surface area contributed by atoms with E-state index in [4.69, 9.17) is 0 Å². The predicted octanol–water partition coefficient (Wildman–Crippen LogP) is 3.82. The SMILES string of the molecule is C[C@@H]1CCC[C@H](NC2CCN(Cc3ccccc3)CC2)C1. The lowest BCUT2D eigenvalue weighted by Crippen LogP contribution is -2.47. The number of hydrogen-bond donors (Lipinski definition) is 1. The van der Waals surface area contributed by atoms with Gasteiger partial charge in [-0.25, -0.2) is 0 Å². The molecule has 1 N–H and O–H groups in total. The molecule has 1 heterocycles. The molecule has 2 aliphatic rings. The number of rotatable bonds is 4. The third-order valence-corrected chi connectivity index (χ3v) is 5.24. The van der Waals surface area contributed by atoms with Crippen molar-refractivity contribution in [3.8, 4) is 0 Å². The second-order valence-electron chi connectivity index (χ2n) is 7.17. The first-order valence-electron chi connectivity index (χ1n) is 8.82. The summed E-state index contributed by atoms with van der Waals surface area (Å²) < 4.78 is 0. The van der Waals surface area contributed by atoms with Gasteiger partial charge >= 0.3 is 0 Å². The van der Waals surface area contributed by atoms with Gasteiger partial charge in [0.05, 0.1) is 0 Å². The van der Waals surface area contributed by atoms with Gasteiger partial charge in [0.15, 0.2) is 0 Å². The highest BCUT2D eigenvalue weighted by atomic mass is 15.1. The van der Waals surface area contributed by atoms with Crippen LogP contribution in [-0.2, 0) is 6.54 Å². The van der Waals surface area contributed by atoms with Crippen LogP contribution in [0.3, 0.4) is 0 Å². The minimum Gasteiger partial charge on any atom is -0.311 e. The topological polar surface area (TPSA) is 15.3 Å². The Labute approximate surface area is 129 Å². The Balaban J connectivity index is 1.40. The molecule has 1 aliphatic heterocycles.